The van der Waals surface area contributed by atoms with Crippen LogP contribution in [-0.4, -0.2) is 66.3 Å². The molecule has 0 radical (unpaired) electrons. The number of piperazine rings is 1. The van der Waals surface area contributed by atoms with Crippen molar-refractivity contribution in [2.75, 3.05) is 44.2 Å². The Morgan fingerprint density at radius 2 is 1.38 bits per heavy atom. The van der Waals surface area contributed by atoms with Crippen molar-refractivity contribution in [2.45, 2.75) is 103 Å². The maximum absolute atomic E-state index is 12.4. The lowest BCUT2D eigenvalue weighted by atomic mass is 10.0. The summed E-state index contributed by atoms with van der Waals surface area (Å²) in [6.45, 7) is 9.68. The van der Waals surface area contributed by atoms with Crippen LogP contribution in [0.3, 0.4) is 0 Å². The summed E-state index contributed by atoms with van der Waals surface area (Å²) in [6.07, 6.45) is 18.0. The number of amides is 1. The Morgan fingerprint density at radius 1 is 0.853 bits per heavy atom. The third-order valence-corrected chi connectivity index (χ3v) is 7.00. The van der Waals surface area contributed by atoms with Crippen LogP contribution in [0.1, 0.15) is 108 Å². The largest absolute Gasteiger partial charge is 0.396 e. The molecule has 194 valence electrons. The highest BCUT2D eigenvalue weighted by Crippen LogP contribution is 2.16. The molecular formula is C28H50N4O2. The smallest absolute Gasteiger partial charge is 0.252 e. The molecule has 1 aliphatic heterocycles. The van der Waals surface area contributed by atoms with E-state index in [1.165, 1.54) is 70.6 Å². The lowest BCUT2D eigenvalue weighted by Gasteiger charge is -2.37. The minimum Gasteiger partial charge on any atom is -0.396 e. The molecule has 0 spiro atoms. The normalized spacial score (nSPS) is 14.6. The van der Waals surface area contributed by atoms with E-state index in [1.54, 1.807) is 6.20 Å². The number of aliphatic hydroxyl groups is 1. The first kappa shape index (κ1) is 28.6. The van der Waals surface area contributed by atoms with E-state index in [1.807, 2.05) is 12.1 Å². The number of carbonyl (C=O) groups excluding carboxylic acids is 1. The van der Waals surface area contributed by atoms with Gasteiger partial charge in [0.1, 0.15) is 5.82 Å². The third kappa shape index (κ3) is 11.7. The number of nitrogens with one attached hydrogen (secondary N) is 1. The fourth-order valence-electron chi connectivity index (χ4n) is 4.66. The monoisotopic (exact) mass is 474 g/mol. The van der Waals surface area contributed by atoms with E-state index in [2.05, 4.69) is 33.9 Å². The highest BCUT2D eigenvalue weighted by molar-refractivity contribution is 5.94. The first-order valence-electron chi connectivity index (χ1n) is 14.0. The van der Waals surface area contributed by atoms with Crippen molar-refractivity contribution in [1.29, 1.82) is 0 Å². The number of rotatable bonds is 18. The Bertz CT molecular complexity index is 642. The minimum atomic E-state index is -0.0139. The van der Waals surface area contributed by atoms with E-state index >= 15 is 0 Å². The van der Waals surface area contributed by atoms with Gasteiger partial charge in [0.2, 0.25) is 0 Å². The highest BCUT2D eigenvalue weighted by Gasteiger charge is 2.19. The van der Waals surface area contributed by atoms with Gasteiger partial charge in [-0.05, 0) is 38.8 Å². The third-order valence-electron chi connectivity index (χ3n) is 7.00. The van der Waals surface area contributed by atoms with E-state index in [4.69, 9.17) is 5.11 Å². The predicted octanol–water partition coefficient (Wildman–Crippen LogP) is 5.41. The molecule has 0 saturated carbocycles. The Kier molecular flexibility index (Phi) is 14.9. The van der Waals surface area contributed by atoms with Gasteiger partial charge in [-0.15, -0.1) is 0 Å². The number of nitrogens with zero attached hydrogens (tertiary/aromatic N) is 3. The SMILES string of the molecule is CC(C)N1CCN(c2ccc(C(=O)NCCCCCCCCCCCCCCCO)cn2)CC1. The Balaban J connectivity index is 1.45. The summed E-state index contributed by atoms with van der Waals surface area (Å²) >= 11 is 0. The Hall–Kier alpha value is -1.66. The summed E-state index contributed by atoms with van der Waals surface area (Å²) in [7, 11) is 0. The number of hydrogen-bond donors (Lipinski definition) is 2. The van der Waals surface area contributed by atoms with E-state index in [9.17, 15) is 4.79 Å². The molecule has 1 fully saturated rings. The van der Waals surface area contributed by atoms with Crippen molar-refractivity contribution in [3.8, 4) is 0 Å². The van der Waals surface area contributed by atoms with E-state index < -0.39 is 0 Å². The van der Waals surface area contributed by atoms with Gasteiger partial charge >= 0.3 is 0 Å². The van der Waals surface area contributed by atoms with Crippen LogP contribution in [0.5, 0.6) is 0 Å². The van der Waals surface area contributed by atoms with Crippen LogP contribution in [0.2, 0.25) is 0 Å². The Labute approximate surface area is 208 Å². The number of anilines is 1. The zero-order chi connectivity index (χ0) is 24.4. The van der Waals surface area contributed by atoms with Gasteiger partial charge in [0.25, 0.3) is 5.91 Å². The lowest BCUT2D eigenvalue weighted by Crippen LogP contribution is -2.49. The molecule has 34 heavy (non-hydrogen) atoms. The molecule has 1 saturated heterocycles. The van der Waals surface area contributed by atoms with Crippen LogP contribution in [-0.2, 0) is 0 Å². The van der Waals surface area contributed by atoms with E-state index in [0.717, 1.165) is 51.4 Å². The number of aliphatic hydroxyl groups excluding tert-OH is 1. The molecule has 0 aliphatic carbocycles. The molecule has 1 aromatic heterocycles. The lowest BCUT2D eigenvalue weighted by molar-refractivity contribution is 0.0952. The van der Waals surface area contributed by atoms with Crippen LogP contribution in [0.4, 0.5) is 5.82 Å². The van der Waals surface area contributed by atoms with Gasteiger partial charge in [0, 0.05) is 51.6 Å². The molecule has 2 rings (SSSR count). The second-order valence-corrected chi connectivity index (χ2v) is 10.1. The fraction of sp³-hybridized carbons (Fsp3) is 0.786. The maximum atomic E-state index is 12.4. The summed E-state index contributed by atoms with van der Waals surface area (Å²) in [6, 6.07) is 4.48. The van der Waals surface area contributed by atoms with Crippen molar-refractivity contribution in [3.63, 3.8) is 0 Å². The fourth-order valence-corrected chi connectivity index (χ4v) is 4.66. The summed E-state index contributed by atoms with van der Waals surface area (Å²) in [5.74, 6) is 0.957. The number of pyridine rings is 1. The molecule has 0 atom stereocenters. The zero-order valence-corrected chi connectivity index (χ0v) is 21.9. The van der Waals surface area contributed by atoms with Gasteiger partial charge < -0.3 is 15.3 Å². The van der Waals surface area contributed by atoms with E-state index in [-0.39, 0.29) is 5.91 Å². The van der Waals surface area contributed by atoms with Crippen LogP contribution in [0.25, 0.3) is 0 Å². The molecule has 1 aliphatic rings. The number of hydrogen-bond acceptors (Lipinski definition) is 5. The van der Waals surface area contributed by atoms with Gasteiger partial charge in [0.05, 0.1) is 5.56 Å². The molecule has 0 bridgehead atoms. The van der Waals surface area contributed by atoms with Crippen molar-refractivity contribution < 1.29 is 9.90 Å². The molecule has 0 unspecified atom stereocenters. The van der Waals surface area contributed by atoms with Crippen LogP contribution < -0.4 is 10.2 Å². The van der Waals surface area contributed by atoms with Crippen LogP contribution in [0, 0.1) is 0 Å². The van der Waals surface area contributed by atoms with Crippen molar-refractivity contribution >= 4 is 11.7 Å². The zero-order valence-electron chi connectivity index (χ0n) is 21.9. The maximum Gasteiger partial charge on any atom is 0.252 e. The topological polar surface area (TPSA) is 68.7 Å². The molecule has 1 amide bonds. The van der Waals surface area contributed by atoms with Crippen molar-refractivity contribution in [1.82, 2.24) is 15.2 Å². The molecule has 2 N–H and O–H groups in total. The van der Waals surface area contributed by atoms with Gasteiger partial charge in [0.15, 0.2) is 0 Å². The molecule has 6 heteroatoms. The number of aromatic nitrogens is 1. The summed E-state index contributed by atoms with van der Waals surface area (Å²) in [5.41, 5.74) is 0.651. The van der Waals surface area contributed by atoms with Gasteiger partial charge in [-0.2, -0.15) is 0 Å². The number of unbranched alkanes of at least 4 members (excludes halogenated alkanes) is 12. The van der Waals surface area contributed by atoms with Crippen LogP contribution >= 0.6 is 0 Å². The molecule has 1 aromatic rings. The van der Waals surface area contributed by atoms with Crippen molar-refractivity contribution in [3.05, 3.63) is 23.9 Å². The predicted molar refractivity (Wildman–Crippen MR) is 143 cm³/mol. The van der Waals surface area contributed by atoms with Gasteiger partial charge in [-0.1, -0.05) is 70.6 Å². The summed E-state index contributed by atoms with van der Waals surface area (Å²) < 4.78 is 0. The first-order chi connectivity index (χ1) is 16.6. The average Bonchev–Trinajstić information content (AvgIpc) is 2.86. The summed E-state index contributed by atoms with van der Waals surface area (Å²) in [5, 5.41) is 11.8. The molecule has 6 nitrogen and oxygen atoms in total. The van der Waals surface area contributed by atoms with Gasteiger partial charge in [-0.25, -0.2) is 4.98 Å². The minimum absolute atomic E-state index is 0.0139. The molecular weight excluding hydrogens is 424 g/mol. The highest BCUT2D eigenvalue weighted by atomic mass is 16.2. The van der Waals surface area contributed by atoms with Gasteiger partial charge in [-0.3, -0.25) is 9.69 Å². The van der Waals surface area contributed by atoms with E-state index in [0.29, 0.717) is 18.2 Å². The second kappa shape index (κ2) is 17.7. The average molecular weight is 475 g/mol. The first-order valence-corrected chi connectivity index (χ1v) is 14.0. The molecule has 0 aromatic carbocycles. The van der Waals surface area contributed by atoms with Crippen molar-refractivity contribution in [2.24, 2.45) is 0 Å². The Morgan fingerprint density at radius 3 is 1.85 bits per heavy atom. The summed E-state index contributed by atoms with van der Waals surface area (Å²) in [4.78, 5) is 21.8. The number of carbonyl (C=O) groups is 1. The molecule has 2 heterocycles. The quantitative estimate of drug-likeness (QED) is 0.279. The second-order valence-electron chi connectivity index (χ2n) is 10.1. The standard InChI is InChI=1S/C28H50N4O2/c1-25(2)31-19-21-32(22-20-31)27-17-16-26(24-30-27)28(34)29-18-14-12-10-8-6-4-3-5-7-9-11-13-15-23-33/h16-17,24-25,33H,3-15,18-23H2,1-2H3,(H,29,34). The van der Waals surface area contributed by atoms with Crippen LogP contribution in [0.15, 0.2) is 18.3 Å².